The standard InChI is InChI=1S/C20H29NO3/c1-19(2,3)15-11-9-14(10-12-15)17(22)16-8-7-13-21(16)24-18(23)20(4,5)6/h9-12,16H,7-8,13H2,1-6H3/t16-/m1/s1. The van der Waals surface area contributed by atoms with E-state index in [1.807, 2.05) is 45.0 Å². The largest absolute Gasteiger partial charge is 0.367 e. The second-order valence-corrected chi connectivity index (χ2v) is 8.62. The zero-order chi connectivity index (χ0) is 18.1. The first kappa shape index (κ1) is 18.7. The molecule has 0 N–H and O–H groups in total. The van der Waals surface area contributed by atoms with Crippen LogP contribution in [0.25, 0.3) is 0 Å². The number of carbonyl (C=O) groups is 2. The van der Waals surface area contributed by atoms with Gasteiger partial charge in [0.2, 0.25) is 0 Å². The van der Waals surface area contributed by atoms with Crippen LogP contribution in [-0.4, -0.2) is 29.4 Å². The Hall–Kier alpha value is -1.68. The van der Waals surface area contributed by atoms with Gasteiger partial charge in [-0.3, -0.25) is 4.79 Å². The van der Waals surface area contributed by atoms with E-state index in [9.17, 15) is 9.59 Å². The van der Waals surface area contributed by atoms with Crippen molar-refractivity contribution < 1.29 is 14.4 Å². The van der Waals surface area contributed by atoms with E-state index in [0.717, 1.165) is 12.8 Å². The Bertz CT molecular complexity index is 605. The molecule has 1 atom stereocenters. The van der Waals surface area contributed by atoms with Gasteiger partial charge in [0.25, 0.3) is 0 Å². The van der Waals surface area contributed by atoms with Crippen LogP contribution in [0.4, 0.5) is 0 Å². The molecule has 0 aliphatic carbocycles. The van der Waals surface area contributed by atoms with Gasteiger partial charge in [-0.2, -0.15) is 0 Å². The lowest BCUT2D eigenvalue weighted by Crippen LogP contribution is -2.40. The van der Waals surface area contributed by atoms with Crippen LogP contribution in [0, 0.1) is 5.41 Å². The third kappa shape index (κ3) is 4.23. The van der Waals surface area contributed by atoms with Crippen molar-refractivity contribution in [1.29, 1.82) is 0 Å². The summed E-state index contributed by atoms with van der Waals surface area (Å²) in [5.41, 5.74) is 1.35. The van der Waals surface area contributed by atoms with Crippen LogP contribution in [0.3, 0.4) is 0 Å². The highest BCUT2D eigenvalue weighted by Gasteiger charge is 2.36. The Morgan fingerprint density at radius 3 is 2.12 bits per heavy atom. The topological polar surface area (TPSA) is 46.6 Å². The van der Waals surface area contributed by atoms with Crippen molar-refractivity contribution in [3.8, 4) is 0 Å². The number of rotatable bonds is 3. The molecule has 0 radical (unpaired) electrons. The third-order valence-electron chi connectivity index (χ3n) is 4.35. The van der Waals surface area contributed by atoms with Gasteiger partial charge in [-0.25, -0.2) is 4.79 Å². The quantitative estimate of drug-likeness (QED) is 0.781. The Morgan fingerprint density at radius 2 is 1.62 bits per heavy atom. The van der Waals surface area contributed by atoms with Crippen LogP contribution < -0.4 is 0 Å². The number of hydrogen-bond donors (Lipinski definition) is 0. The van der Waals surface area contributed by atoms with Gasteiger partial charge in [0, 0.05) is 12.1 Å². The minimum atomic E-state index is -0.579. The van der Waals surface area contributed by atoms with Crippen LogP contribution in [0.1, 0.15) is 70.3 Å². The van der Waals surface area contributed by atoms with E-state index in [2.05, 4.69) is 20.8 Å². The Balaban J connectivity index is 2.12. The molecule has 0 saturated carbocycles. The number of Topliss-reactive ketones (excluding diaryl/α,β-unsaturated/α-hetero) is 1. The number of benzene rings is 1. The normalized spacial score (nSPS) is 19.3. The molecule has 0 spiro atoms. The minimum Gasteiger partial charge on any atom is -0.367 e. The predicted molar refractivity (Wildman–Crippen MR) is 94.7 cm³/mol. The molecule has 1 aromatic carbocycles. The summed E-state index contributed by atoms with van der Waals surface area (Å²) in [7, 11) is 0. The molecule has 132 valence electrons. The van der Waals surface area contributed by atoms with E-state index in [0.29, 0.717) is 12.1 Å². The maximum atomic E-state index is 12.8. The second-order valence-electron chi connectivity index (χ2n) is 8.62. The fourth-order valence-corrected chi connectivity index (χ4v) is 2.68. The molecular weight excluding hydrogens is 302 g/mol. The van der Waals surface area contributed by atoms with E-state index >= 15 is 0 Å². The summed E-state index contributed by atoms with van der Waals surface area (Å²) in [4.78, 5) is 30.4. The zero-order valence-electron chi connectivity index (χ0n) is 15.7. The van der Waals surface area contributed by atoms with Crippen molar-refractivity contribution in [3.63, 3.8) is 0 Å². The van der Waals surface area contributed by atoms with E-state index < -0.39 is 5.41 Å². The average Bonchev–Trinajstić information content (AvgIpc) is 2.93. The lowest BCUT2D eigenvalue weighted by molar-refractivity contribution is -0.200. The van der Waals surface area contributed by atoms with E-state index in [-0.39, 0.29) is 23.2 Å². The molecule has 1 fully saturated rings. The van der Waals surface area contributed by atoms with Crippen molar-refractivity contribution in [2.75, 3.05) is 6.54 Å². The molecule has 0 aromatic heterocycles. The van der Waals surface area contributed by atoms with Crippen molar-refractivity contribution in [2.24, 2.45) is 5.41 Å². The van der Waals surface area contributed by atoms with E-state index in [1.165, 1.54) is 5.56 Å². The van der Waals surface area contributed by atoms with Gasteiger partial charge in [-0.15, -0.1) is 5.06 Å². The van der Waals surface area contributed by atoms with Crippen LogP contribution >= 0.6 is 0 Å². The number of hydroxylamine groups is 2. The van der Waals surface area contributed by atoms with Gasteiger partial charge in [-0.05, 0) is 44.6 Å². The molecule has 1 aliphatic heterocycles. The smallest absolute Gasteiger partial charge is 0.330 e. The second kappa shape index (κ2) is 6.67. The van der Waals surface area contributed by atoms with Gasteiger partial charge in [0.1, 0.15) is 6.04 Å². The van der Waals surface area contributed by atoms with Crippen LogP contribution in [0.15, 0.2) is 24.3 Å². The molecule has 1 saturated heterocycles. The third-order valence-corrected chi connectivity index (χ3v) is 4.35. The van der Waals surface area contributed by atoms with Crippen LogP contribution in [-0.2, 0) is 15.0 Å². The summed E-state index contributed by atoms with van der Waals surface area (Å²) in [5, 5.41) is 1.56. The van der Waals surface area contributed by atoms with E-state index in [1.54, 1.807) is 5.06 Å². The summed E-state index contributed by atoms with van der Waals surface area (Å²) < 4.78 is 0. The molecule has 0 bridgehead atoms. The van der Waals surface area contributed by atoms with Crippen molar-refractivity contribution in [1.82, 2.24) is 5.06 Å². The van der Waals surface area contributed by atoms with Gasteiger partial charge in [0.05, 0.1) is 5.41 Å². The molecule has 0 unspecified atom stereocenters. The summed E-state index contributed by atoms with van der Waals surface area (Å²) in [5.74, 6) is -0.278. The first-order valence-electron chi connectivity index (χ1n) is 8.64. The lowest BCUT2D eigenvalue weighted by atomic mass is 9.86. The molecule has 4 nitrogen and oxygen atoms in total. The van der Waals surface area contributed by atoms with Crippen molar-refractivity contribution in [3.05, 3.63) is 35.4 Å². The van der Waals surface area contributed by atoms with Crippen molar-refractivity contribution in [2.45, 2.75) is 65.8 Å². The zero-order valence-corrected chi connectivity index (χ0v) is 15.7. The minimum absolute atomic E-state index is 0.0228. The summed E-state index contributed by atoms with van der Waals surface area (Å²) in [6.45, 7) is 12.5. The highest BCUT2D eigenvalue weighted by atomic mass is 16.7. The number of ketones is 1. The first-order valence-corrected chi connectivity index (χ1v) is 8.64. The van der Waals surface area contributed by atoms with Gasteiger partial charge >= 0.3 is 5.97 Å². The lowest BCUT2D eigenvalue weighted by Gasteiger charge is -2.26. The van der Waals surface area contributed by atoms with Gasteiger partial charge < -0.3 is 4.84 Å². The number of hydrogen-bond acceptors (Lipinski definition) is 4. The maximum Gasteiger partial charge on any atom is 0.330 e. The van der Waals surface area contributed by atoms with Crippen molar-refractivity contribution >= 4 is 11.8 Å². The summed E-state index contributed by atoms with van der Waals surface area (Å²) in [6.07, 6.45) is 1.57. The molecule has 2 rings (SSSR count). The van der Waals surface area contributed by atoms with Crippen LogP contribution in [0.5, 0.6) is 0 Å². The fraction of sp³-hybridized carbons (Fsp3) is 0.600. The Labute approximate surface area is 145 Å². The molecule has 1 heterocycles. The monoisotopic (exact) mass is 331 g/mol. The maximum absolute atomic E-state index is 12.8. The van der Waals surface area contributed by atoms with Crippen LogP contribution in [0.2, 0.25) is 0 Å². The fourth-order valence-electron chi connectivity index (χ4n) is 2.68. The SMILES string of the molecule is CC(C)(C)C(=O)ON1CCC[C@@H]1C(=O)c1ccc(C(C)(C)C)cc1. The Morgan fingerprint density at radius 1 is 1.04 bits per heavy atom. The van der Waals surface area contributed by atoms with Gasteiger partial charge in [-0.1, -0.05) is 45.0 Å². The molecule has 1 aromatic rings. The predicted octanol–water partition coefficient (Wildman–Crippen LogP) is 4.14. The summed E-state index contributed by atoms with van der Waals surface area (Å²) >= 11 is 0. The highest BCUT2D eigenvalue weighted by Crippen LogP contribution is 2.26. The molecule has 4 heteroatoms. The molecule has 0 amide bonds. The van der Waals surface area contributed by atoms with Gasteiger partial charge in [0.15, 0.2) is 5.78 Å². The number of nitrogens with zero attached hydrogens (tertiary/aromatic N) is 1. The van der Waals surface area contributed by atoms with E-state index in [4.69, 9.17) is 4.84 Å². The Kier molecular flexibility index (Phi) is 5.19. The molecule has 24 heavy (non-hydrogen) atoms. The molecule has 1 aliphatic rings. The average molecular weight is 331 g/mol. The first-order chi connectivity index (χ1) is 11.0. The highest BCUT2D eigenvalue weighted by molar-refractivity contribution is 6.00. The summed E-state index contributed by atoms with van der Waals surface area (Å²) in [6, 6.07) is 7.40. The number of carbonyl (C=O) groups excluding carboxylic acids is 2. The molecular formula is C20H29NO3.